The van der Waals surface area contributed by atoms with Gasteiger partial charge in [0.05, 0.1) is 0 Å². The number of nitrogens with zero attached hydrogens (tertiary/aromatic N) is 2. The maximum Gasteiger partial charge on any atom is 0.319 e. The number of carbonyl (C=O) groups excluding carboxylic acids is 4. The SMILES string of the molecule is O=C(NCC1CCCN(C(=O)CCN2C(=O)CCC2=O)C1)Nc1cccc(F)c1. The number of urea groups is 1. The van der Waals surface area contributed by atoms with Crippen LogP contribution in [-0.2, 0) is 14.4 Å². The van der Waals surface area contributed by atoms with E-state index in [1.165, 1.54) is 18.2 Å². The van der Waals surface area contributed by atoms with Crippen LogP contribution in [0.25, 0.3) is 0 Å². The van der Waals surface area contributed by atoms with Gasteiger partial charge < -0.3 is 15.5 Å². The molecule has 9 heteroatoms. The maximum absolute atomic E-state index is 13.2. The summed E-state index contributed by atoms with van der Waals surface area (Å²) in [6, 6.07) is 5.21. The van der Waals surface area contributed by atoms with E-state index in [1.54, 1.807) is 11.0 Å². The lowest BCUT2D eigenvalue weighted by Crippen LogP contribution is -2.45. The van der Waals surface area contributed by atoms with Crippen LogP contribution in [0, 0.1) is 11.7 Å². The Hall–Kier alpha value is -2.97. The van der Waals surface area contributed by atoms with E-state index in [4.69, 9.17) is 0 Å². The molecule has 2 aliphatic heterocycles. The lowest BCUT2D eigenvalue weighted by Gasteiger charge is -2.33. The van der Waals surface area contributed by atoms with Crippen molar-refractivity contribution < 1.29 is 23.6 Å². The van der Waals surface area contributed by atoms with Gasteiger partial charge in [-0.05, 0) is 37.0 Å². The van der Waals surface area contributed by atoms with E-state index in [1.807, 2.05) is 0 Å². The Morgan fingerprint density at radius 2 is 1.93 bits per heavy atom. The van der Waals surface area contributed by atoms with E-state index < -0.39 is 11.8 Å². The molecule has 1 unspecified atom stereocenters. The quantitative estimate of drug-likeness (QED) is 0.706. The number of halogens is 1. The normalized spacial score (nSPS) is 19.4. The third-order valence-corrected chi connectivity index (χ3v) is 5.21. The number of amides is 5. The molecule has 3 rings (SSSR count). The van der Waals surface area contributed by atoms with Gasteiger partial charge in [0, 0.05) is 51.1 Å². The van der Waals surface area contributed by atoms with E-state index in [2.05, 4.69) is 10.6 Å². The van der Waals surface area contributed by atoms with E-state index in [-0.39, 0.29) is 49.4 Å². The highest BCUT2D eigenvalue weighted by atomic mass is 19.1. The molecule has 0 aliphatic carbocycles. The first-order chi connectivity index (χ1) is 13.9. The van der Waals surface area contributed by atoms with Gasteiger partial charge >= 0.3 is 6.03 Å². The van der Waals surface area contributed by atoms with Crippen molar-refractivity contribution in [3.8, 4) is 0 Å². The highest BCUT2D eigenvalue weighted by Gasteiger charge is 2.30. The van der Waals surface area contributed by atoms with E-state index in [9.17, 15) is 23.6 Å². The zero-order valence-electron chi connectivity index (χ0n) is 16.2. The summed E-state index contributed by atoms with van der Waals surface area (Å²) in [5, 5.41) is 5.34. The van der Waals surface area contributed by atoms with Gasteiger partial charge in [0.15, 0.2) is 0 Å². The molecule has 0 saturated carbocycles. The van der Waals surface area contributed by atoms with Gasteiger partial charge in [-0.25, -0.2) is 9.18 Å². The third-order valence-electron chi connectivity index (χ3n) is 5.21. The van der Waals surface area contributed by atoms with Crippen molar-refractivity contribution in [1.82, 2.24) is 15.1 Å². The van der Waals surface area contributed by atoms with Crippen LogP contribution in [0.15, 0.2) is 24.3 Å². The molecule has 8 nitrogen and oxygen atoms in total. The largest absolute Gasteiger partial charge is 0.342 e. The minimum Gasteiger partial charge on any atom is -0.342 e. The number of nitrogens with one attached hydrogen (secondary N) is 2. The summed E-state index contributed by atoms with van der Waals surface area (Å²) < 4.78 is 13.2. The van der Waals surface area contributed by atoms with Crippen molar-refractivity contribution in [1.29, 1.82) is 0 Å². The molecule has 2 N–H and O–H groups in total. The van der Waals surface area contributed by atoms with Crippen molar-refractivity contribution in [3.63, 3.8) is 0 Å². The number of imide groups is 1. The third kappa shape index (κ3) is 5.75. The Kier molecular flexibility index (Phi) is 6.79. The monoisotopic (exact) mass is 404 g/mol. The molecule has 2 saturated heterocycles. The Bertz CT molecular complexity index is 784. The Balaban J connectivity index is 1.41. The fraction of sp³-hybridized carbons (Fsp3) is 0.500. The van der Waals surface area contributed by atoms with Crippen molar-refractivity contribution in [2.45, 2.75) is 32.1 Å². The van der Waals surface area contributed by atoms with Crippen LogP contribution in [0.4, 0.5) is 14.9 Å². The van der Waals surface area contributed by atoms with Gasteiger partial charge in [-0.2, -0.15) is 0 Å². The first-order valence-corrected chi connectivity index (χ1v) is 9.84. The number of likely N-dealkylation sites (tertiary alicyclic amines) is 2. The van der Waals surface area contributed by atoms with Gasteiger partial charge in [0.2, 0.25) is 17.7 Å². The van der Waals surface area contributed by atoms with Crippen LogP contribution in [0.1, 0.15) is 32.1 Å². The van der Waals surface area contributed by atoms with Gasteiger partial charge in [0.1, 0.15) is 5.82 Å². The van der Waals surface area contributed by atoms with Gasteiger partial charge in [0.25, 0.3) is 0 Å². The molecule has 0 aromatic heterocycles. The van der Waals surface area contributed by atoms with Crippen molar-refractivity contribution in [2.24, 2.45) is 5.92 Å². The lowest BCUT2D eigenvalue weighted by molar-refractivity contribution is -0.139. The van der Waals surface area contributed by atoms with Crippen molar-refractivity contribution >= 4 is 29.4 Å². The molecule has 0 radical (unpaired) electrons. The predicted molar refractivity (Wildman–Crippen MR) is 103 cm³/mol. The van der Waals surface area contributed by atoms with Crippen molar-refractivity contribution in [3.05, 3.63) is 30.1 Å². The second-order valence-electron chi connectivity index (χ2n) is 7.38. The molecule has 2 fully saturated rings. The topological polar surface area (TPSA) is 98.8 Å². The summed E-state index contributed by atoms with van der Waals surface area (Å²) in [5.74, 6) is -0.838. The number of anilines is 1. The van der Waals surface area contributed by atoms with E-state index in [0.717, 1.165) is 17.7 Å². The average Bonchev–Trinajstić information content (AvgIpc) is 3.02. The molecule has 0 bridgehead atoms. The Morgan fingerprint density at radius 1 is 1.17 bits per heavy atom. The molecule has 1 atom stereocenters. The number of piperidine rings is 1. The molecule has 5 amide bonds. The minimum absolute atomic E-state index is 0.0913. The van der Waals surface area contributed by atoms with Gasteiger partial charge in [-0.15, -0.1) is 0 Å². The summed E-state index contributed by atoms with van der Waals surface area (Å²) in [5.41, 5.74) is 0.369. The standard InChI is InChI=1S/C20H25FN4O4/c21-15-4-1-5-16(11-15)23-20(29)22-12-14-3-2-9-24(13-14)17(26)8-10-25-18(27)6-7-19(25)28/h1,4-5,11,14H,2-3,6-10,12-13H2,(H2,22,23,29). The fourth-order valence-electron chi connectivity index (χ4n) is 3.67. The number of carbonyl (C=O) groups is 4. The van der Waals surface area contributed by atoms with Crippen LogP contribution in [0.5, 0.6) is 0 Å². The number of rotatable bonds is 6. The molecule has 2 heterocycles. The lowest BCUT2D eigenvalue weighted by atomic mass is 9.97. The molecule has 1 aromatic rings. The fourth-order valence-corrected chi connectivity index (χ4v) is 3.67. The van der Waals surface area contributed by atoms with E-state index in [0.29, 0.717) is 25.3 Å². The first kappa shape index (κ1) is 20.8. The second-order valence-corrected chi connectivity index (χ2v) is 7.38. The Labute approximate surface area is 168 Å². The highest BCUT2D eigenvalue weighted by Crippen LogP contribution is 2.18. The first-order valence-electron chi connectivity index (χ1n) is 9.84. The maximum atomic E-state index is 13.2. The molecule has 29 heavy (non-hydrogen) atoms. The van der Waals surface area contributed by atoms with Crippen LogP contribution < -0.4 is 10.6 Å². The summed E-state index contributed by atoms with van der Waals surface area (Å²) in [4.78, 5) is 50.6. The molecular formula is C20H25FN4O4. The van der Waals surface area contributed by atoms with E-state index >= 15 is 0 Å². The second kappa shape index (κ2) is 9.49. The highest BCUT2D eigenvalue weighted by molar-refractivity contribution is 6.02. The molecule has 2 aliphatic rings. The van der Waals surface area contributed by atoms with Crippen LogP contribution in [0.2, 0.25) is 0 Å². The summed E-state index contributed by atoms with van der Waals surface area (Å²) in [6.45, 7) is 1.67. The zero-order valence-corrected chi connectivity index (χ0v) is 16.2. The number of hydrogen-bond donors (Lipinski definition) is 2. The summed E-state index contributed by atoms with van der Waals surface area (Å²) in [7, 11) is 0. The number of benzene rings is 1. The zero-order chi connectivity index (χ0) is 20.8. The van der Waals surface area contributed by atoms with Crippen molar-refractivity contribution in [2.75, 3.05) is 31.5 Å². The summed E-state index contributed by atoms with van der Waals surface area (Å²) in [6.07, 6.45) is 2.28. The molecule has 0 spiro atoms. The summed E-state index contributed by atoms with van der Waals surface area (Å²) >= 11 is 0. The number of hydrogen-bond acceptors (Lipinski definition) is 4. The van der Waals surface area contributed by atoms with Gasteiger partial charge in [-0.1, -0.05) is 6.07 Å². The molecular weight excluding hydrogens is 379 g/mol. The van der Waals surface area contributed by atoms with Crippen LogP contribution >= 0.6 is 0 Å². The van der Waals surface area contributed by atoms with Gasteiger partial charge in [-0.3, -0.25) is 19.3 Å². The molecule has 1 aromatic carbocycles. The van der Waals surface area contributed by atoms with Crippen LogP contribution in [-0.4, -0.2) is 59.7 Å². The smallest absolute Gasteiger partial charge is 0.319 e. The Morgan fingerprint density at radius 3 is 2.66 bits per heavy atom. The van der Waals surface area contributed by atoms with Crippen LogP contribution in [0.3, 0.4) is 0 Å². The molecule has 156 valence electrons. The average molecular weight is 404 g/mol. The predicted octanol–water partition coefficient (Wildman–Crippen LogP) is 1.72. The minimum atomic E-state index is -0.429.